The standard InChI is InChI=1S/C15H20ClN6.ClH/c1-2-5-15(16,22-9-4-8-19-22)21-12-10-20(11-13-21)14-17-6-3-7-18-14;/h3-4,6-9H,1-2,5,10-13H2;1H. The Morgan fingerprint density at radius 2 is 1.78 bits per heavy atom. The van der Waals surface area contributed by atoms with Gasteiger partial charge in [-0.05, 0) is 18.6 Å². The topological polar surface area (TPSA) is 50.1 Å². The Morgan fingerprint density at radius 1 is 1.09 bits per heavy atom. The van der Waals surface area contributed by atoms with Crippen LogP contribution in [0.15, 0.2) is 36.9 Å². The molecule has 23 heavy (non-hydrogen) atoms. The maximum atomic E-state index is 6.92. The van der Waals surface area contributed by atoms with Crippen molar-refractivity contribution in [2.45, 2.75) is 18.0 Å². The van der Waals surface area contributed by atoms with Crippen molar-refractivity contribution >= 4 is 30.0 Å². The maximum Gasteiger partial charge on any atom is 0.225 e. The molecule has 1 aliphatic rings. The Balaban J connectivity index is 0.00000192. The minimum Gasteiger partial charge on any atom is -0.338 e. The number of nitrogens with zero attached hydrogens (tertiary/aromatic N) is 6. The van der Waals surface area contributed by atoms with E-state index >= 15 is 0 Å². The predicted octanol–water partition coefficient (Wildman–Crippen LogP) is 2.38. The van der Waals surface area contributed by atoms with Crippen molar-refractivity contribution in [3.63, 3.8) is 0 Å². The number of aromatic nitrogens is 4. The van der Waals surface area contributed by atoms with Gasteiger partial charge in [-0.3, -0.25) is 4.90 Å². The Morgan fingerprint density at radius 3 is 2.35 bits per heavy atom. The Kier molecular flexibility index (Phi) is 6.21. The minimum absolute atomic E-state index is 0. The molecule has 8 heteroatoms. The molecule has 1 saturated heterocycles. The second kappa shape index (κ2) is 7.95. The molecule has 0 saturated carbocycles. The zero-order chi connectivity index (χ0) is 15.4. The van der Waals surface area contributed by atoms with E-state index in [1.165, 1.54) is 0 Å². The lowest BCUT2D eigenvalue weighted by atomic mass is 10.2. The molecule has 3 rings (SSSR count). The summed E-state index contributed by atoms with van der Waals surface area (Å²) in [5.41, 5.74) is 0. The van der Waals surface area contributed by atoms with Gasteiger partial charge in [-0.2, -0.15) is 5.10 Å². The number of hydrogen-bond donors (Lipinski definition) is 0. The van der Waals surface area contributed by atoms with Crippen molar-refractivity contribution in [3.8, 4) is 0 Å². The molecule has 6 nitrogen and oxygen atoms in total. The number of piperazine rings is 1. The molecule has 125 valence electrons. The molecule has 1 radical (unpaired) electrons. The van der Waals surface area contributed by atoms with Crippen LogP contribution in [-0.4, -0.2) is 50.8 Å². The molecule has 0 aliphatic carbocycles. The Labute approximate surface area is 147 Å². The summed E-state index contributed by atoms with van der Waals surface area (Å²) in [5.74, 6) is 0.776. The third-order valence-corrected chi connectivity index (χ3v) is 4.55. The lowest BCUT2D eigenvalue weighted by Gasteiger charge is -2.44. The fourth-order valence-corrected chi connectivity index (χ4v) is 3.22. The molecule has 1 unspecified atom stereocenters. The van der Waals surface area contributed by atoms with Crippen LogP contribution in [-0.2, 0) is 5.12 Å². The lowest BCUT2D eigenvalue weighted by Crippen LogP contribution is -2.56. The van der Waals surface area contributed by atoms with Crippen LogP contribution in [0.3, 0.4) is 0 Å². The third-order valence-electron chi connectivity index (χ3n) is 3.95. The van der Waals surface area contributed by atoms with Gasteiger partial charge in [-0.15, -0.1) is 12.4 Å². The lowest BCUT2D eigenvalue weighted by molar-refractivity contribution is 0.0702. The number of rotatable bonds is 5. The average Bonchev–Trinajstić information content (AvgIpc) is 3.11. The second-order valence-electron chi connectivity index (χ2n) is 5.30. The summed E-state index contributed by atoms with van der Waals surface area (Å²) >= 11 is 6.92. The summed E-state index contributed by atoms with van der Waals surface area (Å²) in [5, 5.41) is 3.69. The van der Waals surface area contributed by atoms with E-state index in [0.717, 1.165) is 45.0 Å². The van der Waals surface area contributed by atoms with Crippen LogP contribution in [0.4, 0.5) is 5.95 Å². The SMILES string of the molecule is Cl.[CH2]CCC(Cl)(N1CCN(c2ncccn2)CC1)n1cccn1. The molecule has 0 aromatic carbocycles. The van der Waals surface area contributed by atoms with E-state index in [0.29, 0.717) is 0 Å². The molecule has 1 atom stereocenters. The highest BCUT2D eigenvalue weighted by Gasteiger charge is 2.38. The normalized spacial score (nSPS) is 18.3. The van der Waals surface area contributed by atoms with Gasteiger partial charge in [0.2, 0.25) is 5.95 Å². The Hall–Kier alpha value is -1.37. The quantitative estimate of drug-likeness (QED) is 0.608. The third kappa shape index (κ3) is 3.76. The zero-order valence-corrected chi connectivity index (χ0v) is 14.5. The molecule has 2 aromatic heterocycles. The smallest absolute Gasteiger partial charge is 0.225 e. The molecule has 0 amide bonds. The number of alkyl halides is 1. The summed E-state index contributed by atoms with van der Waals surface area (Å²) in [6.45, 7) is 7.31. The van der Waals surface area contributed by atoms with Gasteiger partial charge in [0.25, 0.3) is 0 Å². The van der Waals surface area contributed by atoms with Crippen LogP contribution in [0, 0.1) is 6.92 Å². The number of anilines is 1. The first-order valence-corrected chi connectivity index (χ1v) is 7.87. The van der Waals surface area contributed by atoms with E-state index in [-0.39, 0.29) is 12.4 Å². The highest BCUT2D eigenvalue weighted by molar-refractivity contribution is 6.21. The maximum absolute atomic E-state index is 6.92. The molecule has 0 N–H and O–H groups in total. The van der Waals surface area contributed by atoms with E-state index in [4.69, 9.17) is 11.6 Å². The van der Waals surface area contributed by atoms with Crippen molar-refractivity contribution in [2.24, 2.45) is 0 Å². The van der Waals surface area contributed by atoms with Gasteiger partial charge in [-0.1, -0.05) is 18.5 Å². The van der Waals surface area contributed by atoms with Gasteiger partial charge in [0.15, 0.2) is 5.12 Å². The van der Waals surface area contributed by atoms with Crippen molar-refractivity contribution in [3.05, 3.63) is 43.8 Å². The van der Waals surface area contributed by atoms with Gasteiger partial charge in [0.05, 0.1) is 0 Å². The highest BCUT2D eigenvalue weighted by atomic mass is 35.5. The van der Waals surface area contributed by atoms with E-state index in [1.54, 1.807) is 18.6 Å². The molecular weight excluding hydrogens is 335 g/mol. The molecule has 0 spiro atoms. The van der Waals surface area contributed by atoms with Gasteiger partial charge in [0, 0.05) is 57.4 Å². The van der Waals surface area contributed by atoms with Crippen LogP contribution in [0.1, 0.15) is 12.8 Å². The largest absolute Gasteiger partial charge is 0.338 e. The molecule has 0 bridgehead atoms. The first-order valence-electron chi connectivity index (χ1n) is 7.49. The Bertz CT molecular complexity index is 571. The first-order chi connectivity index (χ1) is 10.7. The van der Waals surface area contributed by atoms with Crippen LogP contribution in [0.5, 0.6) is 0 Å². The van der Waals surface area contributed by atoms with Crippen molar-refractivity contribution in [2.75, 3.05) is 31.1 Å². The van der Waals surface area contributed by atoms with Crippen molar-refractivity contribution < 1.29 is 0 Å². The monoisotopic (exact) mass is 355 g/mol. The number of halogens is 2. The summed E-state index contributed by atoms with van der Waals surface area (Å²) in [7, 11) is 0. The summed E-state index contributed by atoms with van der Waals surface area (Å²) in [6.07, 6.45) is 8.72. The molecule has 3 heterocycles. The van der Waals surface area contributed by atoms with E-state index in [2.05, 4.69) is 31.8 Å². The van der Waals surface area contributed by atoms with Crippen molar-refractivity contribution in [1.82, 2.24) is 24.6 Å². The summed E-state index contributed by atoms with van der Waals surface area (Å²) in [6, 6.07) is 3.73. The van der Waals surface area contributed by atoms with E-state index < -0.39 is 5.12 Å². The zero-order valence-electron chi connectivity index (χ0n) is 12.9. The van der Waals surface area contributed by atoms with E-state index in [1.807, 2.05) is 23.0 Å². The molecule has 1 fully saturated rings. The molecule has 2 aromatic rings. The first kappa shape index (κ1) is 18.0. The van der Waals surface area contributed by atoms with Crippen LogP contribution < -0.4 is 4.90 Å². The van der Waals surface area contributed by atoms with Gasteiger partial charge in [0.1, 0.15) is 0 Å². The van der Waals surface area contributed by atoms with E-state index in [9.17, 15) is 0 Å². The second-order valence-corrected chi connectivity index (χ2v) is 5.90. The summed E-state index contributed by atoms with van der Waals surface area (Å²) in [4.78, 5) is 13.1. The van der Waals surface area contributed by atoms with Gasteiger partial charge in [-0.25, -0.2) is 14.6 Å². The molecule has 1 aliphatic heterocycles. The minimum atomic E-state index is -0.644. The van der Waals surface area contributed by atoms with Gasteiger partial charge >= 0.3 is 0 Å². The highest BCUT2D eigenvalue weighted by Crippen LogP contribution is 2.32. The van der Waals surface area contributed by atoms with Crippen LogP contribution in [0.25, 0.3) is 0 Å². The summed E-state index contributed by atoms with van der Waals surface area (Å²) < 4.78 is 1.83. The van der Waals surface area contributed by atoms with Crippen molar-refractivity contribution in [1.29, 1.82) is 0 Å². The van der Waals surface area contributed by atoms with Gasteiger partial charge < -0.3 is 4.90 Å². The predicted molar refractivity (Wildman–Crippen MR) is 93.7 cm³/mol. The average molecular weight is 356 g/mol. The van der Waals surface area contributed by atoms with Crippen LogP contribution >= 0.6 is 24.0 Å². The number of hydrogen-bond acceptors (Lipinski definition) is 5. The van der Waals surface area contributed by atoms with Crippen LogP contribution in [0.2, 0.25) is 0 Å². The molecular formula is C15H21Cl2N6. The fraction of sp³-hybridized carbons (Fsp3) is 0.467. The fourth-order valence-electron chi connectivity index (χ4n) is 2.82.